The Morgan fingerprint density at radius 1 is 1.16 bits per heavy atom. The minimum atomic E-state index is 0.145. The van der Waals surface area contributed by atoms with Crippen molar-refractivity contribution in [2.45, 2.75) is 50.6 Å². The Labute approximate surface area is 148 Å². The summed E-state index contributed by atoms with van der Waals surface area (Å²) in [7, 11) is 1.74. The fourth-order valence-electron chi connectivity index (χ4n) is 4.51. The molecule has 4 rings (SSSR count). The summed E-state index contributed by atoms with van der Waals surface area (Å²) in [5, 5.41) is 0.750. The van der Waals surface area contributed by atoms with Gasteiger partial charge in [0.25, 0.3) is 5.56 Å². The molecule has 0 spiro atoms. The molecule has 1 saturated carbocycles. The molecule has 1 atom stereocenters. The van der Waals surface area contributed by atoms with Crippen LogP contribution in [-0.2, 0) is 4.74 Å². The van der Waals surface area contributed by atoms with Crippen LogP contribution in [0.15, 0.2) is 29.1 Å². The van der Waals surface area contributed by atoms with Gasteiger partial charge in [0.2, 0.25) is 0 Å². The van der Waals surface area contributed by atoms with Crippen molar-refractivity contribution in [1.29, 1.82) is 0 Å². The zero-order chi connectivity index (χ0) is 17.2. The van der Waals surface area contributed by atoms with Gasteiger partial charge in [-0.15, -0.1) is 0 Å². The summed E-state index contributed by atoms with van der Waals surface area (Å²) in [6, 6.07) is 8.32. The Balaban J connectivity index is 1.83. The lowest BCUT2D eigenvalue weighted by Gasteiger charge is -2.28. The topological polar surface area (TPSA) is 47.4 Å². The lowest BCUT2D eigenvalue weighted by Crippen LogP contribution is -2.35. The van der Waals surface area contributed by atoms with Crippen molar-refractivity contribution in [2.24, 2.45) is 0 Å². The molecule has 1 saturated heterocycles. The maximum absolute atomic E-state index is 13.3. The molecule has 0 bridgehead atoms. The average molecular weight is 341 g/mol. The summed E-state index contributed by atoms with van der Waals surface area (Å²) in [6.07, 6.45) is 6.83. The lowest BCUT2D eigenvalue weighted by molar-refractivity contribution is 0.136. The molecular formula is C20H27N3O2. The first-order chi connectivity index (χ1) is 12.3. The molecule has 1 unspecified atom stereocenters. The van der Waals surface area contributed by atoms with Gasteiger partial charge in [0, 0.05) is 19.7 Å². The van der Waals surface area contributed by atoms with Crippen LogP contribution in [0.2, 0.25) is 0 Å². The summed E-state index contributed by atoms with van der Waals surface area (Å²) < 4.78 is 7.33. The molecule has 2 aliphatic rings. The summed E-state index contributed by atoms with van der Waals surface area (Å²) in [4.78, 5) is 20.7. The number of fused-ring (bicyclic) bond motifs is 1. The molecule has 2 aromatic rings. The maximum Gasteiger partial charge on any atom is 0.261 e. The molecule has 1 aromatic heterocycles. The Bertz CT molecular complexity index is 795. The highest BCUT2D eigenvalue weighted by atomic mass is 16.5. The van der Waals surface area contributed by atoms with Crippen LogP contribution in [0.5, 0.6) is 0 Å². The number of methoxy groups -OCH3 is 1. The normalized spacial score (nSPS) is 22.2. The Morgan fingerprint density at radius 3 is 2.76 bits per heavy atom. The third-order valence-corrected chi connectivity index (χ3v) is 5.77. The maximum atomic E-state index is 13.3. The van der Waals surface area contributed by atoms with Gasteiger partial charge in [-0.2, -0.15) is 0 Å². The lowest BCUT2D eigenvalue weighted by atomic mass is 10.1. The number of likely N-dealkylation sites (tertiary alicyclic amines) is 1. The van der Waals surface area contributed by atoms with Crippen molar-refractivity contribution < 1.29 is 4.74 Å². The number of rotatable bonds is 5. The third-order valence-electron chi connectivity index (χ3n) is 5.77. The second-order valence-corrected chi connectivity index (χ2v) is 7.29. The number of hydrogen-bond acceptors (Lipinski definition) is 4. The zero-order valence-corrected chi connectivity index (χ0v) is 15.0. The van der Waals surface area contributed by atoms with E-state index in [1.807, 2.05) is 28.8 Å². The van der Waals surface area contributed by atoms with Crippen LogP contribution in [-0.4, -0.2) is 41.3 Å². The molecule has 1 aliphatic heterocycles. The first kappa shape index (κ1) is 16.7. The second kappa shape index (κ2) is 7.26. The minimum Gasteiger partial charge on any atom is -0.383 e. The van der Waals surface area contributed by atoms with Crippen molar-refractivity contribution in [1.82, 2.24) is 14.5 Å². The van der Waals surface area contributed by atoms with Crippen LogP contribution in [0, 0.1) is 0 Å². The molecule has 0 N–H and O–H groups in total. The van der Waals surface area contributed by atoms with Gasteiger partial charge in [-0.05, 0) is 44.4 Å². The van der Waals surface area contributed by atoms with Crippen LogP contribution in [0.25, 0.3) is 10.9 Å². The highest BCUT2D eigenvalue weighted by Crippen LogP contribution is 2.35. The number of para-hydroxylation sites is 1. The SMILES string of the molecule is COCCN1CCCC1c1nc2ccccc2c(=O)n1C1CCCC1. The van der Waals surface area contributed by atoms with Crippen LogP contribution in [0.4, 0.5) is 0 Å². The van der Waals surface area contributed by atoms with Gasteiger partial charge in [-0.3, -0.25) is 14.3 Å². The molecule has 134 valence electrons. The number of hydrogen-bond donors (Lipinski definition) is 0. The van der Waals surface area contributed by atoms with Crippen molar-refractivity contribution >= 4 is 10.9 Å². The van der Waals surface area contributed by atoms with E-state index < -0.39 is 0 Å². The first-order valence-corrected chi connectivity index (χ1v) is 9.54. The molecule has 2 heterocycles. The highest BCUT2D eigenvalue weighted by Gasteiger charge is 2.32. The smallest absolute Gasteiger partial charge is 0.261 e. The van der Waals surface area contributed by atoms with Crippen LogP contribution in [0.3, 0.4) is 0 Å². The standard InChI is InChI=1S/C20H27N3O2/c1-25-14-13-22-12-6-11-18(22)19-21-17-10-5-4-9-16(17)20(24)23(19)15-7-2-3-8-15/h4-5,9-10,15,18H,2-3,6-8,11-14H2,1H3. The van der Waals surface area contributed by atoms with Gasteiger partial charge in [-0.1, -0.05) is 25.0 Å². The number of nitrogens with zero attached hydrogens (tertiary/aromatic N) is 3. The fourth-order valence-corrected chi connectivity index (χ4v) is 4.51. The summed E-state index contributed by atoms with van der Waals surface area (Å²) >= 11 is 0. The molecule has 0 amide bonds. The monoisotopic (exact) mass is 341 g/mol. The summed E-state index contributed by atoms with van der Waals surface area (Å²) in [5.41, 5.74) is 0.974. The molecule has 5 nitrogen and oxygen atoms in total. The number of aromatic nitrogens is 2. The predicted octanol–water partition coefficient (Wildman–Crippen LogP) is 3.29. The van der Waals surface area contributed by atoms with Crippen LogP contribution >= 0.6 is 0 Å². The van der Waals surface area contributed by atoms with Gasteiger partial charge < -0.3 is 4.74 Å². The average Bonchev–Trinajstić information content (AvgIpc) is 3.31. The molecule has 1 aromatic carbocycles. The van der Waals surface area contributed by atoms with E-state index in [-0.39, 0.29) is 11.6 Å². The highest BCUT2D eigenvalue weighted by molar-refractivity contribution is 5.77. The van der Waals surface area contributed by atoms with Gasteiger partial charge in [-0.25, -0.2) is 4.98 Å². The van der Waals surface area contributed by atoms with E-state index >= 15 is 0 Å². The van der Waals surface area contributed by atoms with Crippen molar-refractivity contribution in [2.75, 3.05) is 26.8 Å². The van der Waals surface area contributed by atoms with E-state index in [9.17, 15) is 4.79 Å². The quantitative estimate of drug-likeness (QED) is 0.837. The Kier molecular flexibility index (Phi) is 4.86. The van der Waals surface area contributed by atoms with Gasteiger partial charge in [0.05, 0.1) is 23.6 Å². The summed E-state index contributed by atoms with van der Waals surface area (Å²) in [5.74, 6) is 0.976. The van der Waals surface area contributed by atoms with Gasteiger partial charge in [0.1, 0.15) is 5.82 Å². The largest absolute Gasteiger partial charge is 0.383 e. The van der Waals surface area contributed by atoms with Gasteiger partial charge >= 0.3 is 0 Å². The Hall–Kier alpha value is -1.72. The first-order valence-electron chi connectivity index (χ1n) is 9.54. The third kappa shape index (κ3) is 3.11. The summed E-state index contributed by atoms with van der Waals surface area (Å²) in [6.45, 7) is 2.67. The van der Waals surface area contributed by atoms with E-state index in [1.54, 1.807) is 7.11 Å². The van der Waals surface area contributed by atoms with E-state index in [1.165, 1.54) is 12.8 Å². The number of ether oxygens (including phenoxy) is 1. The molecule has 25 heavy (non-hydrogen) atoms. The van der Waals surface area contributed by atoms with E-state index in [0.717, 1.165) is 62.1 Å². The minimum absolute atomic E-state index is 0.145. The molecule has 1 aliphatic carbocycles. The molecule has 0 radical (unpaired) electrons. The zero-order valence-electron chi connectivity index (χ0n) is 15.0. The number of benzene rings is 1. The fraction of sp³-hybridized carbons (Fsp3) is 0.600. The molecule has 2 fully saturated rings. The molecule has 5 heteroatoms. The van der Waals surface area contributed by atoms with Crippen molar-refractivity contribution in [3.8, 4) is 0 Å². The van der Waals surface area contributed by atoms with Gasteiger partial charge in [0.15, 0.2) is 0 Å². The van der Waals surface area contributed by atoms with Crippen LogP contribution in [0.1, 0.15) is 56.4 Å². The van der Waals surface area contributed by atoms with Crippen molar-refractivity contribution in [3.05, 3.63) is 40.4 Å². The van der Waals surface area contributed by atoms with Crippen LogP contribution < -0.4 is 5.56 Å². The van der Waals surface area contributed by atoms with Crippen molar-refractivity contribution in [3.63, 3.8) is 0 Å². The molecular weight excluding hydrogens is 314 g/mol. The predicted molar refractivity (Wildman–Crippen MR) is 98.9 cm³/mol. The van der Waals surface area contributed by atoms with E-state index in [4.69, 9.17) is 9.72 Å². The Morgan fingerprint density at radius 2 is 1.96 bits per heavy atom. The van der Waals surface area contributed by atoms with E-state index in [2.05, 4.69) is 4.90 Å². The van der Waals surface area contributed by atoms with E-state index in [0.29, 0.717) is 6.04 Å². The second-order valence-electron chi connectivity index (χ2n) is 7.29.